The monoisotopic (exact) mass is 243 g/mol. The van der Waals surface area contributed by atoms with Gasteiger partial charge in [0.2, 0.25) is 0 Å². The Morgan fingerprint density at radius 2 is 2.38 bits per heavy atom. The molecule has 1 aromatic heterocycles. The highest BCUT2D eigenvalue weighted by Gasteiger charge is 2.22. The third-order valence-corrected chi connectivity index (χ3v) is 3.57. The molecule has 92 valence electrons. The highest BCUT2D eigenvalue weighted by Crippen LogP contribution is 2.12. The van der Waals surface area contributed by atoms with Gasteiger partial charge < -0.3 is 15.2 Å². The minimum Gasteiger partial charge on any atom is -0.396 e. The predicted molar refractivity (Wildman–Crippen MR) is 68.0 cm³/mol. The lowest BCUT2D eigenvalue weighted by Gasteiger charge is -2.29. The first kappa shape index (κ1) is 13.6. The summed E-state index contributed by atoms with van der Waals surface area (Å²) in [5.74, 6) is 0. The molecular weight excluding hydrogens is 222 g/mol. The van der Waals surface area contributed by atoms with E-state index >= 15 is 0 Å². The van der Waals surface area contributed by atoms with Crippen molar-refractivity contribution >= 4 is 11.3 Å². The van der Waals surface area contributed by atoms with Gasteiger partial charge in [-0.3, -0.25) is 0 Å². The first-order valence-corrected chi connectivity index (χ1v) is 6.45. The zero-order valence-corrected chi connectivity index (χ0v) is 10.8. The first-order valence-electron chi connectivity index (χ1n) is 5.57. The second-order valence-corrected chi connectivity index (χ2v) is 5.26. The topological polar surface area (TPSA) is 41.5 Å². The lowest BCUT2D eigenvalue weighted by Crippen LogP contribution is -2.47. The van der Waals surface area contributed by atoms with Crippen molar-refractivity contribution < 1.29 is 9.84 Å². The van der Waals surface area contributed by atoms with Crippen molar-refractivity contribution in [2.75, 3.05) is 26.9 Å². The molecule has 0 amide bonds. The molecule has 0 radical (unpaired) electrons. The van der Waals surface area contributed by atoms with Gasteiger partial charge in [-0.1, -0.05) is 6.07 Å². The largest absolute Gasteiger partial charge is 0.396 e. The van der Waals surface area contributed by atoms with Crippen LogP contribution >= 0.6 is 11.3 Å². The van der Waals surface area contributed by atoms with Gasteiger partial charge >= 0.3 is 0 Å². The van der Waals surface area contributed by atoms with Crippen molar-refractivity contribution in [3.05, 3.63) is 22.4 Å². The van der Waals surface area contributed by atoms with Crippen molar-refractivity contribution in [1.29, 1.82) is 0 Å². The van der Waals surface area contributed by atoms with Gasteiger partial charge in [0, 0.05) is 30.7 Å². The molecule has 1 heterocycles. The Balaban J connectivity index is 2.32. The van der Waals surface area contributed by atoms with Gasteiger partial charge in [0.05, 0.1) is 6.61 Å². The fraction of sp³-hybridized carbons (Fsp3) is 0.667. The van der Waals surface area contributed by atoms with Gasteiger partial charge in [-0.2, -0.15) is 0 Å². The Labute approximate surface area is 101 Å². The molecule has 1 unspecified atom stereocenters. The van der Waals surface area contributed by atoms with Gasteiger partial charge in [-0.15, -0.1) is 11.3 Å². The predicted octanol–water partition coefficient (Wildman–Crippen LogP) is 1.67. The summed E-state index contributed by atoms with van der Waals surface area (Å²) in [4.78, 5) is 1.39. The van der Waals surface area contributed by atoms with Crippen molar-refractivity contribution in [2.45, 2.75) is 25.3 Å². The Bertz CT molecular complexity index is 269. The molecule has 1 atom stereocenters. The number of thiophene rings is 1. The number of methoxy groups -OCH3 is 1. The van der Waals surface area contributed by atoms with Crippen molar-refractivity contribution in [3.8, 4) is 0 Å². The van der Waals surface area contributed by atoms with E-state index in [1.807, 2.05) is 0 Å². The zero-order chi connectivity index (χ0) is 11.9. The van der Waals surface area contributed by atoms with E-state index < -0.39 is 0 Å². The van der Waals surface area contributed by atoms with E-state index in [2.05, 4.69) is 29.8 Å². The molecule has 0 aliphatic heterocycles. The molecule has 0 spiro atoms. The minimum absolute atomic E-state index is 0.124. The third kappa shape index (κ3) is 4.61. The normalized spacial score (nSPS) is 14.9. The summed E-state index contributed by atoms with van der Waals surface area (Å²) < 4.78 is 5.18. The molecule has 3 nitrogen and oxygen atoms in total. The highest BCUT2D eigenvalue weighted by atomic mass is 32.1. The fourth-order valence-electron chi connectivity index (χ4n) is 1.72. The van der Waals surface area contributed by atoms with Crippen LogP contribution < -0.4 is 5.32 Å². The van der Waals surface area contributed by atoms with Crippen molar-refractivity contribution in [1.82, 2.24) is 5.32 Å². The van der Waals surface area contributed by atoms with Crippen LogP contribution in [0.4, 0.5) is 0 Å². The fourth-order valence-corrected chi connectivity index (χ4v) is 2.43. The van der Waals surface area contributed by atoms with Crippen LogP contribution in [0.2, 0.25) is 0 Å². The molecule has 0 aromatic carbocycles. The van der Waals surface area contributed by atoms with E-state index in [1.165, 1.54) is 4.88 Å². The molecule has 0 bridgehead atoms. The van der Waals surface area contributed by atoms with E-state index in [1.54, 1.807) is 18.4 Å². The molecule has 2 N–H and O–H groups in total. The number of hydrogen-bond donors (Lipinski definition) is 2. The molecule has 1 aromatic rings. The van der Waals surface area contributed by atoms with E-state index in [0.717, 1.165) is 13.0 Å². The summed E-state index contributed by atoms with van der Waals surface area (Å²) in [6, 6.07) is 4.22. The Kier molecular flexibility index (Phi) is 5.98. The van der Waals surface area contributed by atoms with Crippen LogP contribution in [-0.2, 0) is 11.2 Å². The van der Waals surface area contributed by atoms with E-state index in [-0.39, 0.29) is 12.1 Å². The second-order valence-electron chi connectivity index (χ2n) is 4.22. The molecule has 4 heteroatoms. The highest BCUT2D eigenvalue weighted by molar-refractivity contribution is 7.09. The average molecular weight is 243 g/mol. The molecule has 0 saturated carbocycles. The summed E-state index contributed by atoms with van der Waals surface area (Å²) in [6.07, 6.45) is 1.74. The molecule has 0 aliphatic rings. The smallest absolute Gasteiger partial charge is 0.0642 e. The lowest BCUT2D eigenvalue weighted by molar-refractivity contribution is 0.0985. The van der Waals surface area contributed by atoms with E-state index in [4.69, 9.17) is 9.84 Å². The maximum Gasteiger partial charge on any atom is 0.0642 e. The standard InChI is InChI=1S/C12H21NO2S/c1-12(6-8-14,10-15-2)13-7-5-11-4-3-9-16-11/h3-4,9,13-14H,5-8,10H2,1-2H3. The quantitative estimate of drug-likeness (QED) is 0.730. The number of rotatable bonds is 8. The number of aliphatic hydroxyl groups excluding tert-OH is 1. The number of ether oxygens (including phenoxy) is 1. The summed E-state index contributed by atoms with van der Waals surface area (Å²) in [5.41, 5.74) is -0.124. The lowest BCUT2D eigenvalue weighted by atomic mass is 9.99. The number of nitrogens with one attached hydrogen (secondary N) is 1. The van der Waals surface area contributed by atoms with Gasteiger partial charge in [0.25, 0.3) is 0 Å². The van der Waals surface area contributed by atoms with Crippen LogP contribution in [0.5, 0.6) is 0 Å². The van der Waals surface area contributed by atoms with Crippen LogP contribution in [0, 0.1) is 0 Å². The van der Waals surface area contributed by atoms with Crippen molar-refractivity contribution in [2.24, 2.45) is 0 Å². The first-order chi connectivity index (χ1) is 7.70. The summed E-state index contributed by atoms with van der Waals surface area (Å²) in [7, 11) is 1.69. The van der Waals surface area contributed by atoms with Gasteiger partial charge in [0.15, 0.2) is 0 Å². The molecular formula is C12H21NO2S. The summed E-state index contributed by atoms with van der Waals surface area (Å²) in [6.45, 7) is 3.81. The van der Waals surface area contributed by atoms with Crippen LogP contribution in [0.15, 0.2) is 17.5 Å². The Morgan fingerprint density at radius 1 is 1.56 bits per heavy atom. The SMILES string of the molecule is COCC(C)(CCO)NCCc1cccs1. The Morgan fingerprint density at radius 3 is 2.94 bits per heavy atom. The van der Waals surface area contributed by atoms with Crippen molar-refractivity contribution in [3.63, 3.8) is 0 Å². The zero-order valence-electron chi connectivity index (χ0n) is 10.0. The molecule has 0 aliphatic carbocycles. The van der Waals surface area contributed by atoms with Gasteiger partial charge in [0.1, 0.15) is 0 Å². The summed E-state index contributed by atoms with van der Waals surface area (Å²) >= 11 is 1.78. The van der Waals surface area contributed by atoms with E-state index in [9.17, 15) is 0 Å². The van der Waals surface area contributed by atoms with Crippen LogP contribution in [0.25, 0.3) is 0 Å². The maximum atomic E-state index is 9.02. The minimum atomic E-state index is -0.124. The molecule has 0 fully saturated rings. The van der Waals surface area contributed by atoms with Gasteiger partial charge in [-0.25, -0.2) is 0 Å². The average Bonchev–Trinajstić information content (AvgIpc) is 2.71. The number of hydrogen-bond acceptors (Lipinski definition) is 4. The van der Waals surface area contributed by atoms with Crippen LogP contribution in [-0.4, -0.2) is 37.5 Å². The summed E-state index contributed by atoms with van der Waals surface area (Å²) in [5, 5.41) is 14.6. The third-order valence-electron chi connectivity index (χ3n) is 2.63. The van der Waals surface area contributed by atoms with Gasteiger partial charge in [-0.05, 0) is 31.2 Å². The number of aliphatic hydroxyl groups is 1. The maximum absolute atomic E-state index is 9.02. The molecule has 16 heavy (non-hydrogen) atoms. The van der Waals surface area contributed by atoms with Crippen LogP contribution in [0.1, 0.15) is 18.2 Å². The van der Waals surface area contributed by atoms with E-state index in [0.29, 0.717) is 13.0 Å². The second kappa shape index (κ2) is 7.01. The molecule has 0 saturated heterocycles. The molecule has 1 rings (SSSR count). The van der Waals surface area contributed by atoms with Crippen LogP contribution in [0.3, 0.4) is 0 Å². The Hall–Kier alpha value is -0.420.